The lowest BCUT2D eigenvalue weighted by Gasteiger charge is -2.26. The van der Waals surface area contributed by atoms with Gasteiger partial charge in [0.1, 0.15) is 5.82 Å². The van der Waals surface area contributed by atoms with E-state index >= 15 is 0 Å². The van der Waals surface area contributed by atoms with Gasteiger partial charge in [-0.05, 0) is 36.5 Å². The molecule has 1 N–H and O–H groups in total. The van der Waals surface area contributed by atoms with E-state index in [9.17, 15) is 17.9 Å². The molecule has 0 aliphatic carbocycles. The first-order valence-corrected chi connectivity index (χ1v) is 9.13. The largest absolute Gasteiger partial charge is 0.392 e. The predicted octanol–water partition coefficient (Wildman–Crippen LogP) is 1.37. The van der Waals surface area contributed by atoms with Crippen LogP contribution in [-0.2, 0) is 9.84 Å². The first kappa shape index (κ1) is 14.9. The molecule has 2 aliphatic heterocycles. The van der Waals surface area contributed by atoms with Crippen molar-refractivity contribution in [1.29, 1.82) is 0 Å². The lowest BCUT2D eigenvalue weighted by molar-refractivity contribution is 0.168. The van der Waals surface area contributed by atoms with Crippen LogP contribution in [0.25, 0.3) is 0 Å². The Morgan fingerprint density at radius 2 is 2.00 bits per heavy atom. The van der Waals surface area contributed by atoms with Gasteiger partial charge in [0, 0.05) is 19.1 Å². The van der Waals surface area contributed by atoms with E-state index in [2.05, 4.69) is 4.90 Å². The zero-order valence-electron chi connectivity index (χ0n) is 11.8. The number of aliphatic hydroxyl groups is 1. The van der Waals surface area contributed by atoms with Crippen molar-refractivity contribution < 1.29 is 17.9 Å². The summed E-state index contributed by atoms with van der Waals surface area (Å²) in [5, 5.41) is 9.93. The van der Waals surface area contributed by atoms with Crippen molar-refractivity contribution >= 4 is 9.84 Å². The third-order valence-corrected chi connectivity index (χ3v) is 6.29. The van der Waals surface area contributed by atoms with Crippen LogP contribution in [0.2, 0.25) is 0 Å². The molecule has 6 heteroatoms. The fourth-order valence-corrected chi connectivity index (χ4v) is 5.31. The Morgan fingerprint density at radius 1 is 1.29 bits per heavy atom. The molecule has 116 valence electrons. The molecule has 2 aliphatic rings. The van der Waals surface area contributed by atoms with E-state index in [1.807, 2.05) is 0 Å². The Morgan fingerprint density at radius 3 is 2.62 bits per heavy atom. The fraction of sp³-hybridized carbons (Fsp3) is 0.600. The number of benzene rings is 1. The van der Waals surface area contributed by atoms with Gasteiger partial charge in [0.05, 0.1) is 17.6 Å². The van der Waals surface area contributed by atoms with E-state index in [4.69, 9.17) is 0 Å². The quantitative estimate of drug-likeness (QED) is 0.916. The molecule has 2 saturated heterocycles. The molecule has 0 radical (unpaired) electrons. The van der Waals surface area contributed by atoms with Crippen LogP contribution in [0.15, 0.2) is 24.3 Å². The van der Waals surface area contributed by atoms with E-state index < -0.39 is 15.9 Å². The van der Waals surface area contributed by atoms with Crippen molar-refractivity contribution in [2.24, 2.45) is 5.92 Å². The second-order valence-electron chi connectivity index (χ2n) is 6.18. The van der Waals surface area contributed by atoms with E-state index in [-0.39, 0.29) is 29.3 Å². The second-order valence-corrected chi connectivity index (χ2v) is 8.41. The van der Waals surface area contributed by atoms with Crippen LogP contribution in [-0.4, -0.2) is 49.1 Å². The Kier molecular flexibility index (Phi) is 4.03. The number of likely N-dealkylation sites (tertiary alicyclic amines) is 1. The summed E-state index contributed by atoms with van der Waals surface area (Å²) in [6.07, 6.45) is 0.911. The molecule has 1 aromatic carbocycles. The number of aliphatic hydroxyl groups excluding tert-OH is 1. The van der Waals surface area contributed by atoms with Crippen LogP contribution in [0, 0.1) is 11.7 Å². The maximum Gasteiger partial charge on any atom is 0.150 e. The Hall–Kier alpha value is -0.980. The van der Waals surface area contributed by atoms with Crippen LogP contribution in [0.3, 0.4) is 0 Å². The highest BCUT2D eigenvalue weighted by atomic mass is 32.2. The van der Waals surface area contributed by atoms with Crippen molar-refractivity contribution in [3.05, 3.63) is 35.6 Å². The van der Waals surface area contributed by atoms with E-state index in [0.29, 0.717) is 25.9 Å². The molecule has 0 bridgehead atoms. The number of nitrogens with zero attached hydrogens (tertiary/aromatic N) is 1. The smallest absolute Gasteiger partial charge is 0.150 e. The van der Waals surface area contributed by atoms with Gasteiger partial charge < -0.3 is 5.11 Å². The number of hydrogen-bond donors (Lipinski definition) is 1. The lowest BCUT2D eigenvalue weighted by atomic mass is 10.0. The van der Waals surface area contributed by atoms with Gasteiger partial charge in [0.2, 0.25) is 0 Å². The predicted molar refractivity (Wildman–Crippen MR) is 78.1 cm³/mol. The monoisotopic (exact) mass is 313 g/mol. The Labute approximate surface area is 124 Å². The van der Waals surface area contributed by atoms with Crippen LogP contribution in [0.1, 0.15) is 24.4 Å². The molecule has 2 heterocycles. The first-order valence-electron chi connectivity index (χ1n) is 7.31. The number of halogens is 1. The summed E-state index contributed by atoms with van der Waals surface area (Å²) in [5.74, 6) is 0.388. The van der Waals surface area contributed by atoms with Gasteiger partial charge >= 0.3 is 0 Å². The second kappa shape index (κ2) is 5.66. The molecule has 1 aromatic rings. The first-order chi connectivity index (χ1) is 9.93. The summed E-state index contributed by atoms with van der Waals surface area (Å²) in [5.41, 5.74) is 0.980. The highest BCUT2D eigenvalue weighted by Crippen LogP contribution is 2.34. The summed E-state index contributed by atoms with van der Waals surface area (Å²) >= 11 is 0. The maximum absolute atomic E-state index is 13.0. The molecule has 0 aromatic heterocycles. The summed E-state index contributed by atoms with van der Waals surface area (Å²) < 4.78 is 36.1. The number of β-amino-alcohol motifs (C(OH)–C–C–N with tert-alkyl or cyclic N) is 1. The zero-order chi connectivity index (χ0) is 15.0. The normalized spacial score (nSPS) is 32.6. The van der Waals surface area contributed by atoms with Gasteiger partial charge in [-0.2, -0.15) is 0 Å². The van der Waals surface area contributed by atoms with Gasteiger partial charge in [0.15, 0.2) is 9.84 Å². The third kappa shape index (κ3) is 3.44. The third-order valence-electron chi connectivity index (χ3n) is 4.46. The molecule has 2 fully saturated rings. The molecule has 3 atom stereocenters. The summed E-state index contributed by atoms with van der Waals surface area (Å²) in [6, 6.07) is 6.40. The Bertz CT molecular complexity index is 602. The van der Waals surface area contributed by atoms with Crippen molar-refractivity contribution in [3.8, 4) is 0 Å². The Balaban J connectivity index is 1.72. The zero-order valence-corrected chi connectivity index (χ0v) is 12.6. The number of rotatable bonds is 3. The standard InChI is InChI=1S/C15H20FNO3S/c16-13-3-1-12(2-4-13)15-7-14(18)9-17(15)8-11-5-6-21(19,20)10-11/h1-4,11,14-15,18H,5-10H2. The molecular weight excluding hydrogens is 293 g/mol. The highest BCUT2D eigenvalue weighted by Gasteiger charge is 2.36. The highest BCUT2D eigenvalue weighted by molar-refractivity contribution is 7.91. The van der Waals surface area contributed by atoms with Gasteiger partial charge in [-0.25, -0.2) is 12.8 Å². The molecule has 21 heavy (non-hydrogen) atoms. The molecule has 0 spiro atoms. The topological polar surface area (TPSA) is 57.6 Å². The summed E-state index contributed by atoms with van der Waals surface area (Å²) in [7, 11) is -2.88. The van der Waals surface area contributed by atoms with Crippen molar-refractivity contribution in [2.45, 2.75) is 25.0 Å². The molecular formula is C15H20FNO3S. The molecule has 3 unspecified atom stereocenters. The summed E-state index contributed by atoms with van der Waals surface area (Å²) in [4.78, 5) is 2.14. The molecule has 3 rings (SSSR count). The molecule has 0 amide bonds. The van der Waals surface area contributed by atoms with Crippen molar-refractivity contribution in [2.75, 3.05) is 24.6 Å². The minimum atomic E-state index is -2.88. The number of hydrogen-bond acceptors (Lipinski definition) is 4. The lowest BCUT2D eigenvalue weighted by Crippen LogP contribution is -2.31. The minimum absolute atomic E-state index is 0.0453. The number of sulfone groups is 1. The maximum atomic E-state index is 13.0. The fourth-order valence-electron chi connectivity index (χ4n) is 3.46. The van der Waals surface area contributed by atoms with Gasteiger partial charge in [-0.3, -0.25) is 4.90 Å². The van der Waals surface area contributed by atoms with Crippen LogP contribution in [0.4, 0.5) is 4.39 Å². The SMILES string of the molecule is O=S1(=O)CCC(CN2CC(O)CC2c2ccc(F)cc2)C1. The van der Waals surface area contributed by atoms with Gasteiger partial charge in [-0.15, -0.1) is 0 Å². The van der Waals surface area contributed by atoms with Crippen molar-refractivity contribution in [1.82, 2.24) is 4.90 Å². The minimum Gasteiger partial charge on any atom is -0.392 e. The van der Waals surface area contributed by atoms with Crippen molar-refractivity contribution in [3.63, 3.8) is 0 Å². The van der Waals surface area contributed by atoms with Crippen LogP contribution >= 0.6 is 0 Å². The van der Waals surface area contributed by atoms with Gasteiger partial charge in [0.25, 0.3) is 0 Å². The molecule has 0 saturated carbocycles. The van der Waals surface area contributed by atoms with E-state index in [0.717, 1.165) is 5.56 Å². The average molecular weight is 313 g/mol. The molecule has 4 nitrogen and oxygen atoms in total. The van der Waals surface area contributed by atoms with Crippen LogP contribution in [0.5, 0.6) is 0 Å². The average Bonchev–Trinajstić information content (AvgIpc) is 2.94. The van der Waals surface area contributed by atoms with Crippen LogP contribution < -0.4 is 0 Å². The van der Waals surface area contributed by atoms with E-state index in [1.165, 1.54) is 12.1 Å². The van der Waals surface area contributed by atoms with E-state index in [1.54, 1.807) is 12.1 Å². The summed E-state index contributed by atoms with van der Waals surface area (Å²) in [6.45, 7) is 1.23. The van der Waals surface area contributed by atoms with Gasteiger partial charge in [-0.1, -0.05) is 12.1 Å².